The highest BCUT2D eigenvalue weighted by atomic mass is 32.2. The molecule has 1 aliphatic heterocycles. The van der Waals surface area contributed by atoms with Crippen molar-refractivity contribution in [3.63, 3.8) is 0 Å². The molecule has 1 spiro atoms. The van der Waals surface area contributed by atoms with E-state index in [1.807, 2.05) is 0 Å². The lowest BCUT2D eigenvalue weighted by Gasteiger charge is -2.48. The largest absolute Gasteiger partial charge is 0.314 e. The zero-order valence-electron chi connectivity index (χ0n) is 9.83. The molecule has 0 atom stereocenters. The van der Waals surface area contributed by atoms with Crippen LogP contribution in [0.4, 0.5) is 0 Å². The minimum absolute atomic E-state index is 0.168. The number of nitrogens with zero attached hydrogens (tertiary/aromatic N) is 1. The highest BCUT2D eigenvalue weighted by Gasteiger charge is 2.45. The lowest BCUT2D eigenvalue weighted by molar-refractivity contribution is 0.0999. The molecule has 1 aliphatic carbocycles. The first-order valence-electron chi connectivity index (χ1n) is 6.03. The second-order valence-corrected chi connectivity index (χ2v) is 6.54. The van der Waals surface area contributed by atoms with Crippen LogP contribution in [0.2, 0.25) is 0 Å². The molecule has 1 saturated carbocycles. The highest BCUT2D eigenvalue weighted by molar-refractivity contribution is 7.87. The van der Waals surface area contributed by atoms with Gasteiger partial charge in [-0.05, 0) is 12.8 Å². The maximum Gasteiger partial charge on any atom is 0.279 e. The summed E-state index contributed by atoms with van der Waals surface area (Å²) in [6.45, 7) is 2.14. The smallest absolute Gasteiger partial charge is 0.279 e. The second-order valence-electron chi connectivity index (χ2n) is 4.74. The van der Waals surface area contributed by atoms with E-state index in [1.165, 1.54) is 13.5 Å². The van der Waals surface area contributed by atoms with E-state index in [0.29, 0.717) is 6.54 Å². The summed E-state index contributed by atoms with van der Waals surface area (Å²) in [5.74, 6) is 0. The predicted molar refractivity (Wildman–Crippen MR) is 63.4 cm³/mol. The third-order valence-electron chi connectivity index (χ3n) is 3.81. The fraction of sp³-hybridized carbons (Fsp3) is 1.00. The van der Waals surface area contributed by atoms with Gasteiger partial charge in [0.05, 0.1) is 0 Å². The Morgan fingerprint density at radius 3 is 2.56 bits per heavy atom. The van der Waals surface area contributed by atoms with Gasteiger partial charge in [0.2, 0.25) is 0 Å². The van der Waals surface area contributed by atoms with Crippen molar-refractivity contribution in [2.45, 2.75) is 37.6 Å². The van der Waals surface area contributed by atoms with Crippen LogP contribution < -0.4 is 10.0 Å². The summed E-state index contributed by atoms with van der Waals surface area (Å²) in [6.07, 6.45) is 5.48. The molecule has 2 aliphatic rings. The van der Waals surface area contributed by atoms with Gasteiger partial charge < -0.3 is 5.32 Å². The van der Waals surface area contributed by atoms with Crippen LogP contribution in [0.25, 0.3) is 0 Å². The molecule has 5 nitrogen and oxygen atoms in total. The van der Waals surface area contributed by atoms with Crippen molar-refractivity contribution in [3.8, 4) is 0 Å². The van der Waals surface area contributed by atoms with Gasteiger partial charge in [0.1, 0.15) is 0 Å². The quantitative estimate of drug-likeness (QED) is 0.725. The Balaban J connectivity index is 2.26. The Morgan fingerprint density at radius 1 is 1.25 bits per heavy atom. The molecule has 2 N–H and O–H groups in total. The van der Waals surface area contributed by atoms with Gasteiger partial charge in [-0.25, -0.2) is 4.72 Å². The monoisotopic (exact) mass is 247 g/mol. The molecule has 2 rings (SSSR count). The van der Waals surface area contributed by atoms with Crippen molar-refractivity contribution in [2.24, 2.45) is 0 Å². The zero-order chi connectivity index (χ0) is 11.6. The minimum Gasteiger partial charge on any atom is -0.314 e. The van der Waals surface area contributed by atoms with E-state index < -0.39 is 10.2 Å². The zero-order valence-corrected chi connectivity index (χ0v) is 10.6. The fourth-order valence-corrected chi connectivity index (χ4v) is 4.26. The fourth-order valence-electron chi connectivity index (χ4n) is 2.95. The van der Waals surface area contributed by atoms with Crippen LogP contribution in [0.1, 0.15) is 32.1 Å². The molecule has 0 unspecified atom stereocenters. The SMILES string of the molecule is CNS(=O)(=O)N1CCNCC12CCCCC2. The lowest BCUT2D eigenvalue weighted by Crippen LogP contribution is -2.65. The van der Waals surface area contributed by atoms with Crippen LogP contribution in [0.15, 0.2) is 0 Å². The van der Waals surface area contributed by atoms with Crippen molar-refractivity contribution in [1.82, 2.24) is 14.3 Å². The predicted octanol–water partition coefficient (Wildman–Crippen LogP) is 0.0587. The van der Waals surface area contributed by atoms with Crippen molar-refractivity contribution in [2.75, 3.05) is 26.7 Å². The van der Waals surface area contributed by atoms with E-state index in [2.05, 4.69) is 10.0 Å². The molecule has 0 amide bonds. The number of nitrogens with one attached hydrogen (secondary N) is 2. The maximum absolute atomic E-state index is 12.0. The molecule has 94 valence electrons. The molecule has 0 aromatic heterocycles. The molecule has 1 saturated heterocycles. The average molecular weight is 247 g/mol. The van der Waals surface area contributed by atoms with Crippen molar-refractivity contribution >= 4 is 10.2 Å². The van der Waals surface area contributed by atoms with Crippen molar-refractivity contribution in [1.29, 1.82) is 0 Å². The highest BCUT2D eigenvalue weighted by Crippen LogP contribution is 2.35. The van der Waals surface area contributed by atoms with Gasteiger partial charge in [-0.1, -0.05) is 19.3 Å². The molecule has 16 heavy (non-hydrogen) atoms. The molecule has 0 radical (unpaired) electrons. The lowest BCUT2D eigenvalue weighted by atomic mass is 9.80. The summed E-state index contributed by atoms with van der Waals surface area (Å²) in [5, 5.41) is 3.34. The normalized spacial score (nSPS) is 27.1. The van der Waals surface area contributed by atoms with Crippen LogP contribution in [0.3, 0.4) is 0 Å². The third kappa shape index (κ3) is 2.11. The molecule has 6 heteroatoms. The number of piperazine rings is 1. The Hall–Kier alpha value is -0.170. The summed E-state index contributed by atoms with van der Waals surface area (Å²) >= 11 is 0. The Bertz CT molecular complexity index is 328. The number of hydrogen-bond acceptors (Lipinski definition) is 3. The second kappa shape index (κ2) is 4.60. The van der Waals surface area contributed by atoms with Gasteiger partial charge in [0.15, 0.2) is 0 Å². The standard InChI is InChI=1S/C10H21N3O2S/c1-11-16(14,15)13-8-7-12-9-10(13)5-3-2-4-6-10/h11-12H,2-9H2,1H3. The summed E-state index contributed by atoms with van der Waals surface area (Å²) in [7, 11) is -1.79. The van der Waals surface area contributed by atoms with E-state index in [9.17, 15) is 8.42 Å². The summed E-state index contributed by atoms with van der Waals surface area (Å²) in [5.41, 5.74) is -0.168. The Morgan fingerprint density at radius 2 is 1.94 bits per heavy atom. The number of rotatable bonds is 2. The first-order valence-corrected chi connectivity index (χ1v) is 7.47. The van der Waals surface area contributed by atoms with E-state index in [0.717, 1.165) is 38.8 Å². The van der Waals surface area contributed by atoms with Crippen LogP contribution in [0.5, 0.6) is 0 Å². The van der Waals surface area contributed by atoms with Gasteiger partial charge in [0.25, 0.3) is 10.2 Å². The molecular weight excluding hydrogens is 226 g/mol. The van der Waals surface area contributed by atoms with Gasteiger partial charge in [0, 0.05) is 32.2 Å². The van der Waals surface area contributed by atoms with Gasteiger partial charge in [-0.3, -0.25) is 0 Å². The minimum atomic E-state index is -3.29. The first kappa shape index (κ1) is 12.3. The Kier molecular flexibility index (Phi) is 3.53. The Labute approximate surface area is 97.8 Å². The van der Waals surface area contributed by atoms with E-state index in [-0.39, 0.29) is 5.54 Å². The van der Waals surface area contributed by atoms with Crippen LogP contribution >= 0.6 is 0 Å². The van der Waals surface area contributed by atoms with Crippen LogP contribution in [-0.2, 0) is 10.2 Å². The summed E-state index contributed by atoms with van der Waals surface area (Å²) in [4.78, 5) is 0. The van der Waals surface area contributed by atoms with Crippen molar-refractivity contribution < 1.29 is 8.42 Å². The number of hydrogen-bond donors (Lipinski definition) is 2. The third-order valence-corrected chi connectivity index (χ3v) is 5.47. The first-order chi connectivity index (χ1) is 7.61. The van der Waals surface area contributed by atoms with Crippen LogP contribution in [0, 0.1) is 0 Å². The van der Waals surface area contributed by atoms with E-state index >= 15 is 0 Å². The average Bonchev–Trinajstić information content (AvgIpc) is 2.30. The van der Waals surface area contributed by atoms with E-state index in [1.54, 1.807) is 4.31 Å². The molecular formula is C10H21N3O2S. The van der Waals surface area contributed by atoms with Gasteiger partial charge >= 0.3 is 0 Å². The molecule has 0 bridgehead atoms. The topological polar surface area (TPSA) is 61.4 Å². The summed E-state index contributed by atoms with van der Waals surface area (Å²) < 4.78 is 28.2. The molecule has 2 fully saturated rings. The molecule has 0 aromatic carbocycles. The van der Waals surface area contributed by atoms with Gasteiger partial charge in [-0.15, -0.1) is 0 Å². The molecule has 1 heterocycles. The van der Waals surface area contributed by atoms with Crippen molar-refractivity contribution in [3.05, 3.63) is 0 Å². The summed E-state index contributed by atoms with van der Waals surface area (Å²) in [6, 6.07) is 0. The maximum atomic E-state index is 12.0. The van der Waals surface area contributed by atoms with E-state index in [4.69, 9.17) is 0 Å². The van der Waals surface area contributed by atoms with Gasteiger partial charge in [-0.2, -0.15) is 12.7 Å². The van der Waals surface area contributed by atoms with Crippen LogP contribution in [-0.4, -0.2) is 44.9 Å². The molecule has 0 aromatic rings.